The third-order valence-electron chi connectivity index (χ3n) is 5.40. The number of amides is 1. The molecule has 0 saturated carbocycles. The van der Waals surface area contributed by atoms with E-state index in [0.29, 0.717) is 37.5 Å². The van der Waals surface area contributed by atoms with Gasteiger partial charge in [0.2, 0.25) is 0 Å². The number of ether oxygens (including phenoxy) is 1. The average Bonchev–Trinajstić information content (AvgIpc) is 2.80. The number of benzene rings is 2. The molecule has 1 aromatic heterocycles. The normalized spacial score (nSPS) is 13.9. The maximum Gasteiger partial charge on any atom is 0.275 e. The van der Waals surface area contributed by atoms with Crippen molar-refractivity contribution in [2.24, 2.45) is 7.05 Å². The van der Waals surface area contributed by atoms with E-state index in [2.05, 4.69) is 16.1 Å². The van der Waals surface area contributed by atoms with Crippen molar-refractivity contribution in [1.82, 2.24) is 14.7 Å². The molecule has 1 aliphatic heterocycles. The molecule has 1 aliphatic rings. The minimum atomic E-state index is -0.534. The number of rotatable bonds is 3. The Morgan fingerprint density at radius 1 is 1.13 bits per heavy atom. The van der Waals surface area contributed by atoms with Crippen molar-refractivity contribution in [3.63, 3.8) is 0 Å². The molecule has 0 N–H and O–H groups in total. The van der Waals surface area contributed by atoms with Crippen LogP contribution in [0.5, 0.6) is 5.75 Å². The van der Waals surface area contributed by atoms with Gasteiger partial charge < -0.3 is 14.5 Å². The Morgan fingerprint density at radius 2 is 1.87 bits per heavy atom. The zero-order valence-electron chi connectivity index (χ0n) is 17.1. The third kappa shape index (κ3) is 3.80. The monoisotopic (exact) mass is 421 g/mol. The van der Waals surface area contributed by atoms with Gasteiger partial charge in [0.1, 0.15) is 11.6 Å². The number of nitriles is 1. The first-order valence-corrected chi connectivity index (χ1v) is 9.71. The predicted octanol–water partition coefficient (Wildman–Crippen LogP) is 1.92. The lowest BCUT2D eigenvalue weighted by Crippen LogP contribution is -2.49. The first kappa shape index (κ1) is 20.3. The van der Waals surface area contributed by atoms with Crippen molar-refractivity contribution in [2.75, 3.05) is 38.2 Å². The second kappa shape index (κ2) is 8.07. The SMILES string of the molecule is COc1cc(C#N)cc(N2CCN(C(=O)c3nn(C)c(=O)c4ccc(F)cc34)CC2)c1. The molecule has 2 aromatic carbocycles. The molecular formula is C22H20FN5O3. The summed E-state index contributed by atoms with van der Waals surface area (Å²) in [5.74, 6) is -0.294. The number of halogens is 1. The summed E-state index contributed by atoms with van der Waals surface area (Å²) >= 11 is 0. The fourth-order valence-electron chi connectivity index (χ4n) is 3.75. The number of hydrogen-bond acceptors (Lipinski definition) is 6. The number of fused-ring (bicyclic) bond motifs is 1. The third-order valence-corrected chi connectivity index (χ3v) is 5.40. The van der Waals surface area contributed by atoms with E-state index >= 15 is 0 Å². The summed E-state index contributed by atoms with van der Waals surface area (Å²) in [5, 5.41) is 13.8. The molecule has 0 bridgehead atoms. The topological polar surface area (TPSA) is 91.5 Å². The van der Waals surface area contributed by atoms with E-state index in [1.54, 1.807) is 24.1 Å². The summed E-state index contributed by atoms with van der Waals surface area (Å²) in [6, 6.07) is 11.2. The Hall–Kier alpha value is -3.93. The number of anilines is 1. The summed E-state index contributed by atoms with van der Waals surface area (Å²) in [7, 11) is 3.01. The van der Waals surface area contributed by atoms with E-state index < -0.39 is 5.82 Å². The van der Waals surface area contributed by atoms with E-state index in [4.69, 9.17) is 4.74 Å². The van der Waals surface area contributed by atoms with Gasteiger partial charge in [0, 0.05) is 50.4 Å². The lowest BCUT2D eigenvalue weighted by molar-refractivity contribution is 0.0740. The maximum atomic E-state index is 13.8. The molecule has 0 spiro atoms. The molecule has 2 heterocycles. The van der Waals surface area contributed by atoms with Crippen LogP contribution < -0.4 is 15.2 Å². The van der Waals surface area contributed by atoms with Crippen LogP contribution in [0, 0.1) is 17.1 Å². The zero-order chi connectivity index (χ0) is 22.1. The highest BCUT2D eigenvalue weighted by molar-refractivity contribution is 6.04. The Bertz CT molecular complexity index is 1270. The summed E-state index contributed by atoms with van der Waals surface area (Å²) < 4.78 is 20.2. The smallest absolute Gasteiger partial charge is 0.275 e. The van der Waals surface area contributed by atoms with Gasteiger partial charge in [-0.3, -0.25) is 9.59 Å². The lowest BCUT2D eigenvalue weighted by Gasteiger charge is -2.36. The molecule has 31 heavy (non-hydrogen) atoms. The van der Waals surface area contributed by atoms with Crippen molar-refractivity contribution >= 4 is 22.4 Å². The van der Waals surface area contributed by atoms with Gasteiger partial charge in [-0.05, 0) is 30.3 Å². The van der Waals surface area contributed by atoms with Gasteiger partial charge in [-0.15, -0.1) is 0 Å². The predicted molar refractivity (Wildman–Crippen MR) is 113 cm³/mol. The van der Waals surface area contributed by atoms with E-state index in [0.717, 1.165) is 10.4 Å². The fraction of sp³-hybridized carbons (Fsp3) is 0.273. The summed E-state index contributed by atoms with van der Waals surface area (Å²) in [6.07, 6.45) is 0. The second-order valence-corrected chi connectivity index (χ2v) is 7.28. The molecule has 158 valence electrons. The fourth-order valence-corrected chi connectivity index (χ4v) is 3.75. The number of piperazine rings is 1. The van der Waals surface area contributed by atoms with E-state index in [-0.39, 0.29) is 27.9 Å². The lowest BCUT2D eigenvalue weighted by atomic mass is 10.1. The number of nitrogens with zero attached hydrogens (tertiary/aromatic N) is 5. The van der Waals surface area contributed by atoms with Gasteiger partial charge >= 0.3 is 0 Å². The minimum absolute atomic E-state index is 0.0539. The van der Waals surface area contributed by atoms with E-state index in [1.165, 1.54) is 25.2 Å². The zero-order valence-corrected chi connectivity index (χ0v) is 17.1. The van der Waals surface area contributed by atoms with Crippen LogP contribution in [0.25, 0.3) is 10.8 Å². The molecular weight excluding hydrogens is 401 g/mol. The van der Waals surface area contributed by atoms with Gasteiger partial charge in [-0.2, -0.15) is 10.4 Å². The highest BCUT2D eigenvalue weighted by Gasteiger charge is 2.26. The number of aryl methyl sites for hydroxylation is 1. The molecule has 1 amide bonds. The largest absolute Gasteiger partial charge is 0.497 e. The molecule has 9 heteroatoms. The molecule has 1 fully saturated rings. The second-order valence-electron chi connectivity index (χ2n) is 7.28. The molecule has 0 radical (unpaired) electrons. The van der Waals surface area contributed by atoms with Crippen LogP contribution in [0.1, 0.15) is 16.1 Å². The Balaban J connectivity index is 1.59. The van der Waals surface area contributed by atoms with Gasteiger partial charge in [-0.25, -0.2) is 9.07 Å². The standard InChI is InChI=1S/C22H20FN5O3/c1-26-21(29)18-4-3-15(23)11-19(18)20(25-26)22(30)28-7-5-27(6-8-28)16-9-14(13-24)10-17(12-16)31-2/h3-4,9-12H,5-8H2,1-2H3. The summed E-state index contributed by atoms with van der Waals surface area (Å²) in [4.78, 5) is 29.2. The van der Waals surface area contributed by atoms with Gasteiger partial charge in [-0.1, -0.05) is 0 Å². The number of carbonyl (C=O) groups is 1. The number of methoxy groups -OCH3 is 1. The quantitative estimate of drug-likeness (QED) is 0.642. The van der Waals surface area contributed by atoms with Crippen molar-refractivity contribution in [3.8, 4) is 11.8 Å². The molecule has 4 rings (SSSR count). The minimum Gasteiger partial charge on any atom is -0.497 e. The van der Waals surface area contributed by atoms with Crippen LogP contribution in [-0.4, -0.2) is 53.9 Å². The first-order valence-electron chi connectivity index (χ1n) is 9.71. The molecule has 0 aliphatic carbocycles. The Morgan fingerprint density at radius 3 is 2.55 bits per heavy atom. The van der Waals surface area contributed by atoms with E-state index in [1.807, 2.05) is 6.07 Å². The maximum absolute atomic E-state index is 13.8. The first-order chi connectivity index (χ1) is 14.9. The molecule has 0 unspecified atom stereocenters. The molecule has 1 saturated heterocycles. The Kier molecular flexibility index (Phi) is 5.29. The molecule has 8 nitrogen and oxygen atoms in total. The summed E-state index contributed by atoms with van der Waals surface area (Å²) in [6.45, 7) is 1.92. The Labute approximate surface area is 177 Å². The van der Waals surface area contributed by atoms with Crippen molar-refractivity contribution in [2.45, 2.75) is 0 Å². The van der Waals surface area contributed by atoms with Crippen LogP contribution in [0.15, 0.2) is 41.2 Å². The summed E-state index contributed by atoms with van der Waals surface area (Å²) in [5.41, 5.74) is 1.01. The van der Waals surface area contributed by atoms with Crippen molar-refractivity contribution < 1.29 is 13.9 Å². The molecule has 3 aromatic rings. The number of hydrogen-bond donors (Lipinski definition) is 0. The van der Waals surface area contributed by atoms with Crippen molar-refractivity contribution in [3.05, 3.63) is 63.8 Å². The van der Waals surface area contributed by atoms with Crippen LogP contribution in [0.3, 0.4) is 0 Å². The van der Waals surface area contributed by atoms with Crippen LogP contribution in [0.4, 0.5) is 10.1 Å². The van der Waals surface area contributed by atoms with Crippen LogP contribution in [-0.2, 0) is 7.05 Å². The highest BCUT2D eigenvalue weighted by atomic mass is 19.1. The van der Waals surface area contributed by atoms with E-state index in [9.17, 15) is 19.2 Å². The van der Waals surface area contributed by atoms with Crippen molar-refractivity contribution in [1.29, 1.82) is 5.26 Å². The van der Waals surface area contributed by atoms with Gasteiger partial charge in [0.25, 0.3) is 11.5 Å². The molecule has 0 atom stereocenters. The number of aromatic nitrogens is 2. The highest BCUT2D eigenvalue weighted by Crippen LogP contribution is 2.25. The van der Waals surface area contributed by atoms with Crippen LogP contribution in [0.2, 0.25) is 0 Å². The average molecular weight is 421 g/mol. The van der Waals surface area contributed by atoms with Crippen LogP contribution >= 0.6 is 0 Å². The number of carbonyl (C=O) groups excluding carboxylic acids is 1. The van der Waals surface area contributed by atoms with Gasteiger partial charge in [0.05, 0.1) is 24.1 Å². The van der Waals surface area contributed by atoms with Gasteiger partial charge in [0.15, 0.2) is 5.69 Å².